The number of ether oxygens (including phenoxy) is 1. The van der Waals surface area contributed by atoms with Gasteiger partial charge in [0.2, 0.25) is 5.91 Å². The molecule has 2 heterocycles. The number of rotatable bonds is 3. The first-order valence-electron chi connectivity index (χ1n) is 8.56. The number of carbonyl (C=O) groups is 1. The van der Waals surface area contributed by atoms with Crippen LogP contribution in [-0.4, -0.2) is 83.6 Å². The fraction of sp³-hybridized carbons (Fsp3) is 0.611. The summed E-state index contributed by atoms with van der Waals surface area (Å²) < 4.78 is 5.35. The molecule has 2 aliphatic heterocycles. The molecule has 0 spiro atoms. The van der Waals surface area contributed by atoms with E-state index in [9.17, 15) is 15.0 Å². The molecule has 1 aromatic rings. The normalized spacial score (nSPS) is 28.8. The lowest BCUT2D eigenvalue weighted by atomic mass is 10.0. The Hall–Kier alpha value is -1.47. The molecule has 1 aromatic carbocycles. The lowest BCUT2D eigenvalue weighted by Gasteiger charge is -2.43. The Labute approximate surface area is 142 Å². The van der Waals surface area contributed by atoms with Crippen LogP contribution in [0.1, 0.15) is 11.1 Å². The molecule has 0 aromatic heterocycles. The summed E-state index contributed by atoms with van der Waals surface area (Å²) in [7, 11) is 0. The molecule has 24 heavy (non-hydrogen) atoms. The molecular weight excluding hydrogens is 308 g/mol. The minimum absolute atomic E-state index is 0.140. The Morgan fingerprint density at radius 2 is 1.96 bits per heavy atom. The number of amides is 1. The molecule has 2 aliphatic rings. The van der Waals surface area contributed by atoms with Crippen molar-refractivity contribution in [2.75, 3.05) is 39.4 Å². The number of nitrogens with zero attached hydrogens (tertiary/aromatic N) is 2. The molecule has 2 saturated heterocycles. The number of hydrogen-bond acceptors (Lipinski definition) is 5. The van der Waals surface area contributed by atoms with Gasteiger partial charge in [0.25, 0.3) is 0 Å². The summed E-state index contributed by atoms with van der Waals surface area (Å²) in [6.07, 6.45) is -1.19. The fourth-order valence-electron chi connectivity index (χ4n) is 3.50. The fourth-order valence-corrected chi connectivity index (χ4v) is 3.50. The van der Waals surface area contributed by atoms with Crippen molar-refractivity contribution in [3.8, 4) is 0 Å². The van der Waals surface area contributed by atoms with Gasteiger partial charge in [-0.3, -0.25) is 9.69 Å². The molecule has 6 nitrogen and oxygen atoms in total. The zero-order chi connectivity index (χ0) is 17.1. The predicted octanol–water partition coefficient (Wildman–Crippen LogP) is -0.198. The van der Waals surface area contributed by atoms with Crippen LogP contribution in [0.3, 0.4) is 0 Å². The summed E-state index contributed by atoms with van der Waals surface area (Å²) in [6, 6.07) is 7.84. The lowest BCUT2D eigenvalue weighted by molar-refractivity contribution is -0.144. The highest BCUT2D eigenvalue weighted by Crippen LogP contribution is 2.17. The SMILES string of the molecule is Cc1cccc(CC(=O)N2CCN([C@@H]3COC[C@@H](O)[C@H]3O)CC2)c1. The van der Waals surface area contributed by atoms with E-state index in [1.165, 1.54) is 0 Å². The number of piperazine rings is 1. The van der Waals surface area contributed by atoms with Gasteiger partial charge < -0.3 is 19.8 Å². The zero-order valence-electron chi connectivity index (χ0n) is 14.1. The van der Waals surface area contributed by atoms with Crippen LogP contribution in [0, 0.1) is 6.92 Å². The smallest absolute Gasteiger partial charge is 0.227 e. The van der Waals surface area contributed by atoms with Crippen molar-refractivity contribution < 1.29 is 19.7 Å². The minimum Gasteiger partial charge on any atom is -0.389 e. The molecule has 3 rings (SSSR count). The number of aliphatic hydroxyl groups excluding tert-OH is 2. The second kappa shape index (κ2) is 7.61. The molecule has 1 amide bonds. The standard InChI is InChI=1S/C18H26N2O4/c1-13-3-2-4-14(9-13)10-17(22)20-7-5-19(6-8-20)15-11-24-12-16(21)18(15)23/h2-4,9,15-16,18,21,23H,5-8,10-12H2,1H3/t15-,16-,18+/m1/s1. The lowest BCUT2D eigenvalue weighted by Crippen LogP contribution is -2.60. The third-order valence-corrected chi connectivity index (χ3v) is 4.94. The van der Waals surface area contributed by atoms with Gasteiger partial charge >= 0.3 is 0 Å². The van der Waals surface area contributed by atoms with Crippen molar-refractivity contribution in [1.82, 2.24) is 9.80 Å². The van der Waals surface area contributed by atoms with Gasteiger partial charge in [0.05, 0.1) is 31.8 Å². The van der Waals surface area contributed by atoms with Crippen LogP contribution >= 0.6 is 0 Å². The molecular formula is C18H26N2O4. The van der Waals surface area contributed by atoms with Crippen LogP contribution in [0.5, 0.6) is 0 Å². The van der Waals surface area contributed by atoms with Crippen molar-refractivity contribution in [3.63, 3.8) is 0 Å². The number of aliphatic hydroxyl groups is 2. The molecule has 2 fully saturated rings. The Balaban J connectivity index is 1.52. The molecule has 0 bridgehead atoms. The van der Waals surface area contributed by atoms with Crippen LogP contribution in [-0.2, 0) is 16.0 Å². The van der Waals surface area contributed by atoms with Crippen molar-refractivity contribution in [2.45, 2.75) is 31.6 Å². The number of aryl methyl sites for hydroxylation is 1. The highest BCUT2D eigenvalue weighted by Gasteiger charge is 2.36. The van der Waals surface area contributed by atoms with E-state index in [2.05, 4.69) is 4.90 Å². The quantitative estimate of drug-likeness (QED) is 0.801. The summed E-state index contributed by atoms with van der Waals surface area (Å²) in [6.45, 7) is 5.31. The first kappa shape index (κ1) is 17.4. The van der Waals surface area contributed by atoms with E-state index < -0.39 is 12.2 Å². The van der Waals surface area contributed by atoms with Crippen LogP contribution in [0.15, 0.2) is 24.3 Å². The van der Waals surface area contributed by atoms with Crippen LogP contribution in [0.4, 0.5) is 0 Å². The molecule has 0 saturated carbocycles. The molecule has 0 aliphatic carbocycles. The third kappa shape index (κ3) is 3.95. The maximum absolute atomic E-state index is 12.5. The third-order valence-electron chi connectivity index (χ3n) is 4.94. The van der Waals surface area contributed by atoms with Crippen molar-refractivity contribution in [3.05, 3.63) is 35.4 Å². The Morgan fingerprint density at radius 3 is 2.67 bits per heavy atom. The molecule has 0 radical (unpaired) electrons. The number of carbonyl (C=O) groups excluding carboxylic acids is 1. The first-order valence-corrected chi connectivity index (χ1v) is 8.56. The highest BCUT2D eigenvalue weighted by molar-refractivity contribution is 5.79. The van der Waals surface area contributed by atoms with E-state index >= 15 is 0 Å². The van der Waals surface area contributed by atoms with Crippen LogP contribution in [0.25, 0.3) is 0 Å². The Morgan fingerprint density at radius 1 is 1.21 bits per heavy atom. The van der Waals surface area contributed by atoms with E-state index in [1.54, 1.807) is 0 Å². The second-order valence-corrected chi connectivity index (χ2v) is 6.75. The molecule has 0 unspecified atom stereocenters. The van der Waals surface area contributed by atoms with Crippen LogP contribution < -0.4 is 0 Å². The summed E-state index contributed by atoms with van der Waals surface area (Å²) >= 11 is 0. The molecule has 132 valence electrons. The highest BCUT2D eigenvalue weighted by atomic mass is 16.5. The topological polar surface area (TPSA) is 73.2 Å². The minimum atomic E-state index is -0.829. The van der Waals surface area contributed by atoms with E-state index in [1.807, 2.05) is 36.1 Å². The van der Waals surface area contributed by atoms with Gasteiger partial charge in [0.15, 0.2) is 0 Å². The summed E-state index contributed by atoms with van der Waals surface area (Å²) in [5.41, 5.74) is 2.21. The van der Waals surface area contributed by atoms with Crippen LogP contribution in [0.2, 0.25) is 0 Å². The summed E-state index contributed by atoms with van der Waals surface area (Å²) in [4.78, 5) is 16.5. The van der Waals surface area contributed by atoms with E-state index in [-0.39, 0.29) is 18.6 Å². The van der Waals surface area contributed by atoms with Gasteiger partial charge in [-0.15, -0.1) is 0 Å². The predicted molar refractivity (Wildman–Crippen MR) is 89.7 cm³/mol. The van der Waals surface area contributed by atoms with Gasteiger partial charge in [-0.1, -0.05) is 29.8 Å². The number of benzene rings is 1. The molecule has 3 atom stereocenters. The largest absolute Gasteiger partial charge is 0.389 e. The maximum atomic E-state index is 12.5. The Kier molecular flexibility index (Phi) is 5.50. The zero-order valence-corrected chi connectivity index (χ0v) is 14.1. The number of hydrogen-bond donors (Lipinski definition) is 2. The van der Waals surface area contributed by atoms with Gasteiger partial charge in [0.1, 0.15) is 6.10 Å². The van der Waals surface area contributed by atoms with Crippen molar-refractivity contribution in [2.24, 2.45) is 0 Å². The van der Waals surface area contributed by atoms with Gasteiger partial charge in [-0.05, 0) is 12.5 Å². The average molecular weight is 334 g/mol. The summed E-state index contributed by atoms with van der Waals surface area (Å²) in [5.74, 6) is 0.140. The van der Waals surface area contributed by atoms with Gasteiger partial charge in [-0.2, -0.15) is 0 Å². The van der Waals surface area contributed by atoms with Crippen molar-refractivity contribution >= 4 is 5.91 Å². The van der Waals surface area contributed by atoms with Gasteiger partial charge in [-0.25, -0.2) is 0 Å². The second-order valence-electron chi connectivity index (χ2n) is 6.75. The Bertz CT molecular complexity index is 572. The summed E-state index contributed by atoms with van der Waals surface area (Å²) in [5, 5.41) is 19.9. The monoisotopic (exact) mass is 334 g/mol. The van der Waals surface area contributed by atoms with E-state index in [0.29, 0.717) is 39.2 Å². The molecule has 6 heteroatoms. The molecule has 2 N–H and O–H groups in total. The maximum Gasteiger partial charge on any atom is 0.227 e. The van der Waals surface area contributed by atoms with Crippen molar-refractivity contribution in [1.29, 1.82) is 0 Å². The van der Waals surface area contributed by atoms with E-state index in [0.717, 1.165) is 11.1 Å². The van der Waals surface area contributed by atoms with Gasteiger partial charge in [0, 0.05) is 26.2 Å². The average Bonchev–Trinajstić information content (AvgIpc) is 2.57. The first-order chi connectivity index (χ1) is 11.5. The van der Waals surface area contributed by atoms with E-state index in [4.69, 9.17) is 4.74 Å².